The molecule has 102 valence electrons. The number of hydrogen-bond donors (Lipinski definition) is 0. The molecule has 0 amide bonds. The van der Waals surface area contributed by atoms with Crippen LogP contribution < -0.4 is 4.74 Å². The van der Waals surface area contributed by atoms with E-state index in [1.54, 1.807) is 0 Å². The van der Waals surface area contributed by atoms with Crippen LogP contribution in [-0.2, 0) is 0 Å². The fraction of sp³-hybridized carbons (Fsp3) is 0.0667. The zero-order chi connectivity index (χ0) is 14.7. The summed E-state index contributed by atoms with van der Waals surface area (Å²) in [6.07, 6.45) is 0. The molecule has 0 spiro atoms. The molecule has 2 aromatic carbocycles. The first-order valence-electron chi connectivity index (χ1n) is 5.75. The van der Waals surface area contributed by atoms with Crippen molar-refractivity contribution in [1.82, 2.24) is 0 Å². The Morgan fingerprint density at radius 1 is 1.15 bits per heavy atom. The quantitative estimate of drug-likeness (QED) is 0.489. The van der Waals surface area contributed by atoms with Crippen LogP contribution in [0, 0.1) is 5.82 Å². The van der Waals surface area contributed by atoms with Crippen LogP contribution in [0.15, 0.2) is 42.5 Å². The molecule has 0 unspecified atom stereocenters. The highest BCUT2D eigenvalue weighted by molar-refractivity contribution is 6.31. The van der Waals surface area contributed by atoms with Crippen LogP contribution in [0.3, 0.4) is 0 Å². The maximum absolute atomic E-state index is 13.0. The van der Waals surface area contributed by atoms with E-state index in [2.05, 4.69) is 0 Å². The van der Waals surface area contributed by atoms with E-state index in [4.69, 9.17) is 16.3 Å². The second kappa shape index (κ2) is 5.84. The summed E-state index contributed by atoms with van der Waals surface area (Å²) in [7, 11) is 0. The molecule has 0 fully saturated rings. The van der Waals surface area contributed by atoms with Gasteiger partial charge < -0.3 is 4.74 Å². The number of ether oxygens (including phenoxy) is 1. The molecule has 0 aliphatic heterocycles. The number of Topliss-reactive ketones (excluding diaryl/α,β-unsaturated/α-hetero) is 1. The van der Waals surface area contributed by atoms with Gasteiger partial charge in [-0.15, -0.1) is 0 Å². The van der Waals surface area contributed by atoms with Crippen LogP contribution in [0.25, 0.3) is 0 Å². The topological polar surface area (TPSA) is 43.4 Å². The monoisotopic (exact) mass is 292 g/mol. The van der Waals surface area contributed by atoms with E-state index in [9.17, 15) is 14.0 Å². The fourth-order valence-corrected chi connectivity index (χ4v) is 1.81. The summed E-state index contributed by atoms with van der Waals surface area (Å²) in [6.45, 7) is 1.34. The second-order valence-corrected chi connectivity index (χ2v) is 4.53. The lowest BCUT2D eigenvalue weighted by atomic mass is 10.1. The molecule has 0 aliphatic rings. The number of halogens is 2. The standard InChI is InChI=1S/C15H10ClFO3/c1-9(18)13-8-11(16)5-6-14(13)20-15(19)10-3-2-4-12(17)7-10/h2-8H,1H3. The Hall–Kier alpha value is -2.20. The molecule has 2 rings (SSSR count). The Morgan fingerprint density at radius 3 is 2.55 bits per heavy atom. The lowest BCUT2D eigenvalue weighted by Gasteiger charge is -2.08. The molecular formula is C15H10ClFO3. The van der Waals surface area contributed by atoms with Gasteiger partial charge in [-0.3, -0.25) is 4.79 Å². The van der Waals surface area contributed by atoms with E-state index >= 15 is 0 Å². The van der Waals surface area contributed by atoms with Crippen LogP contribution in [0.2, 0.25) is 5.02 Å². The van der Waals surface area contributed by atoms with Crippen LogP contribution in [-0.4, -0.2) is 11.8 Å². The number of esters is 1. The molecule has 2 aromatic rings. The number of benzene rings is 2. The highest BCUT2D eigenvalue weighted by atomic mass is 35.5. The summed E-state index contributed by atoms with van der Waals surface area (Å²) in [6, 6.07) is 9.46. The van der Waals surface area contributed by atoms with E-state index in [1.165, 1.54) is 43.3 Å². The smallest absolute Gasteiger partial charge is 0.343 e. The minimum absolute atomic E-state index is 0.0643. The molecule has 0 saturated carbocycles. The van der Waals surface area contributed by atoms with Crippen molar-refractivity contribution in [2.75, 3.05) is 0 Å². The predicted molar refractivity (Wildman–Crippen MR) is 72.8 cm³/mol. The average molecular weight is 293 g/mol. The third-order valence-electron chi connectivity index (χ3n) is 2.58. The van der Waals surface area contributed by atoms with Crippen molar-refractivity contribution in [1.29, 1.82) is 0 Å². The highest BCUT2D eigenvalue weighted by Crippen LogP contribution is 2.24. The number of carbonyl (C=O) groups is 2. The number of carbonyl (C=O) groups excluding carboxylic acids is 2. The molecule has 0 N–H and O–H groups in total. The van der Waals surface area contributed by atoms with Gasteiger partial charge in [-0.05, 0) is 43.3 Å². The molecule has 0 radical (unpaired) electrons. The minimum atomic E-state index is -0.741. The molecule has 0 atom stereocenters. The van der Waals surface area contributed by atoms with E-state index in [0.717, 1.165) is 6.07 Å². The van der Waals surface area contributed by atoms with Crippen LogP contribution >= 0.6 is 11.6 Å². The summed E-state index contributed by atoms with van der Waals surface area (Å²) in [5.74, 6) is -1.47. The highest BCUT2D eigenvalue weighted by Gasteiger charge is 2.15. The van der Waals surface area contributed by atoms with Gasteiger partial charge in [0.25, 0.3) is 0 Å². The van der Waals surface area contributed by atoms with E-state index < -0.39 is 11.8 Å². The first kappa shape index (κ1) is 14.2. The van der Waals surface area contributed by atoms with Crippen LogP contribution in [0.5, 0.6) is 5.75 Å². The van der Waals surface area contributed by atoms with Crippen molar-refractivity contribution in [3.63, 3.8) is 0 Å². The zero-order valence-electron chi connectivity index (χ0n) is 10.5. The first-order valence-corrected chi connectivity index (χ1v) is 6.13. The van der Waals surface area contributed by atoms with Gasteiger partial charge in [0.2, 0.25) is 0 Å². The lowest BCUT2D eigenvalue weighted by Crippen LogP contribution is -2.11. The fourth-order valence-electron chi connectivity index (χ4n) is 1.64. The molecule has 0 saturated heterocycles. The van der Waals surface area contributed by atoms with Crippen LogP contribution in [0.1, 0.15) is 27.6 Å². The Balaban J connectivity index is 2.30. The van der Waals surface area contributed by atoms with Gasteiger partial charge in [-0.1, -0.05) is 17.7 Å². The molecule has 0 bridgehead atoms. The van der Waals surface area contributed by atoms with Gasteiger partial charge in [0.1, 0.15) is 11.6 Å². The SMILES string of the molecule is CC(=O)c1cc(Cl)ccc1OC(=O)c1cccc(F)c1. The summed E-state index contributed by atoms with van der Waals surface area (Å²) in [5.41, 5.74) is 0.261. The third-order valence-corrected chi connectivity index (χ3v) is 2.82. The number of rotatable bonds is 3. The maximum Gasteiger partial charge on any atom is 0.343 e. The normalized spacial score (nSPS) is 10.2. The molecule has 0 heterocycles. The number of ketones is 1. The lowest BCUT2D eigenvalue weighted by molar-refractivity contribution is 0.0732. The Kier molecular flexibility index (Phi) is 4.15. The summed E-state index contributed by atoms with van der Waals surface area (Å²) < 4.78 is 18.2. The van der Waals surface area contributed by atoms with Crippen molar-refractivity contribution in [2.45, 2.75) is 6.92 Å². The predicted octanol–water partition coefficient (Wildman–Crippen LogP) is 3.90. The van der Waals surface area contributed by atoms with Gasteiger partial charge in [-0.2, -0.15) is 0 Å². The first-order chi connectivity index (χ1) is 9.47. The zero-order valence-corrected chi connectivity index (χ0v) is 11.3. The van der Waals surface area contributed by atoms with Crippen molar-refractivity contribution in [2.24, 2.45) is 0 Å². The largest absolute Gasteiger partial charge is 0.422 e. The second-order valence-electron chi connectivity index (χ2n) is 4.10. The Morgan fingerprint density at radius 2 is 1.90 bits per heavy atom. The molecule has 5 heteroatoms. The van der Waals surface area contributed by atoms with Gasteiger partial charge in [0.15, 0.2) is 5.78 Å². The minimum Gasteiger partial charge on any atom is -0.422 e. The molecule has 20 heavy (non-hydrogen) atoms. The number of hydrogen-bond acceptors (Lipinski definition) is 3. The molecular weight excluding hydrogens is 283 g/mol. The van der Waals surface area contributed by atoms with E-state index in [0.29, 0.717) is 5.02 Å². The Bertz CT molecular complexity index is 683. The molecule has 3 nitrogen and oxygen atoms in total. The van der Waals surface area contributed by atoms with Gasteiger partial charge in [0.05, 0.1) is 11.1 Å². The Labute approximate surface area is 119 Å². The van der Waals surface area contributed by atoms with Crippen LogP contribution in [0.4, 0.5) is 4.39 Å². The molecule has 0 aromatic heterocycles. The van der Waals surface area contributed by atoms with Crippen molar-refractivity contribution in [3.8, 4) is 5.75 Å². The summed E-state index contributed by atoms with van der Waals surface area (Å²) in [5, 5.41) is 0.362. The van der Waals surface area contributed by atoms with Crippen molar-refractivity contribution in [3.05, 3.63) is 64.4 Å². The van der Waals surface area contributed by atoms with E-state index in [-0.39, 0.29) is 22.7 Å². The van der Waals surface area contributed by atoms with Gasteiger partial charge in [-0.25, -0.2) is 9.18 Å². The maximum atomic E-state index is 13.0. The summed E-state index contributed by atoms with van der Waals surface area (Å²) in [4.78, 5) is 23.4. The van der Waals surface area contributed by atoms with E-state index in [1.807, 2.05) is 0 Å². The van der Waals surface area contributed by atoms with Crippen molar-refractivity contribution >= 4 is 23.4 Å². The van der Waals surface area contributed by atoms with Gasteiger partial charge >= 0.3 is 5.97 Å². The third kappa shape index (κ3) is 3.22. The van der Waals surface area contributed by atoms with Crippen molar-refractivity contribution < 1.29 is 18.7 Å². The summed E-state index contributed by atoms with van der Waals surface area (Å²) >= 11 is 5.79. The average Bonchev–Trinajstić information content (AvgIpc) is 2.40. The van der Waals surface area contributed by atoms with Gasteiger partial charge in [0, 0.05) is 5.02 Å². The molecule has 0 aliphatic carbocycles.